The number of hydrogen-bond acceptors (Lipinski definition) is 12. The van der Waals surface area contributed by atoms with Crippen LogP contribution in [0.15, 0.2) is 60.4 Å². The van der Waals surface area contributed by atoms with E-state index >= 15 is 0 Å². The molecule has 0 fully saturated rings. The van der Waals surface area contributed by atoms with Crippen LogP contribution in [0.2, 0.25) is 0 Å². The SMILES string of the molecule is NC(N)=NCCC[C@H](NC(=O)[C@H](Cc1ccccc1)NC(=O)[C@H](CCC(=O)O)NC(=O)[C@H](Cc1cnc[nH]1)NC(=O)[C@@H](N)CS)C(=O)N[C@@H](Cc1cnc[nH]1)C(=O)O. The van der Waals surface area contributed by atoms with Gasteiger partial charge in [0.1, 0.15) is 30.2 Å². The number of aliphatic imine (C=N–C) groups is 1. The van der Waals surface area contributed by atoms with Crippen LogP contribution in [0.1, 0.15) is 42.6 Å². The molecule has 3 aromatic rings. The van der Waals surface area contributed by atoms with Crippen molar-refractivity contribution in [3.8, 4) is 0 Å². The van der Waals surface area contributed by atoms with Crippen molar-refractivity contribution < 1.29 is 43.8 Å². The number of aromatic nitrogens is 4. The van der Waals surface area contributed by atoms with Crippen molar-refractivity contribution in [2.24, 2.45) is 22.2 Å². The van der Waals surface area contributed by atoms with Crippen LogP contribution in [0.3, 0.4) is 0 Å². The minimum absolute atomic E-state index is 0.0388. The number of carbonyl (C=O) groups excluding carboxylic acids is 5. The molecule has 0 saturated heterocycles. The molecule has 58 heavy (non-hydrogen) atoms. The number of aliphatic carboxylic acids is 2. The minimum atomic E-state index is -1.54. The van der Waals surface area contributed by atoms with Gasteiger partial charge in [-0.3, -0.25) is 33.8 Å². The molecule has 3 rings (SSSR count). The van der Waals surface area contributed by atoms with Crippen LogP contribution in [0.5, 0.6) is 0 Å². The van der Waals surface area contributed by atoms with E-state index in [1.807, 2.05) is 0 Å². The van der Waals surface area contributed by atoms with Crippen molar-refractivity contribution in [2.45, 2.75) is 81.2 Å². The molecule has 15 N–H and O–H groups in total. The van der Waals surface area contributed by atoms with Crippen molar-refractivity contribution in [2.75, 3.05) is 12.3 Å². The van der Waals surface area contributed by atoms with Gasteiger partial charge in [-0.1, -0.05) is 30.3 Å². The lowest BCUT2D eigenvalue weighted by Crippen LogP contribution is -2.60. The van der Waals surface area contributed by atoms with Gasteiger partial charge in [0, 0.05) is 61.8 Å². The molecule has 22 nitrogen and oxygen atoms in total. The Labute approximate surface area is 337 Å². The first-order valence-corrected chi connectivity index (χ1v) is 18.7. The zero-order valence-corrected chi connectivity index (χ0v) is 32.2. The number of thiol groups is 1. The Kier molecular flexibility index (Phi) is 18.6. The molecular formula is C35H49N13O9S. The summed E-state index contributed by atoms with van der Waals surface area (Å²) in [6, 6.07) is 0.390. The zero-order valence-electron chi connectivity index (χ0n) is 31.3. The van der Waals surface area contributed by atoms with Gasteiger partial charge in [-0.15, -0.1) is 0 Å². The van der Waals surface area contributed by atoms with Gasteiger partial charge in [0.15, 0.2) is 5.96 Å². The maximum Gasteiger partial charge on any atom is 0.326 e. The Bertz CT molecular complexity index is 1840. The van der Waals surface area contributed by atoms with E-state index in [1.54, 1.807) is 30.3 Å². The molecule has 1 aromatic carbocycles. The highest BCUT2D eigenvalue weighted by molar-refractivity contribution is 7.80. The monoisotopic (exact) mass is 827 g/mol. The van der Waals surface area contributed by atoms with Crippen LogP contribution in [-0.2, 0) is 52.8 Å². The number of carboxylic acids is 2. The number of nitrogens with one attached hydrogen (secondary N) is 7. The summed E-state index contributed by atoms with van der Waals surface area (Å²) in [6.07, 6.45) is 4.25. The molecule has 0 aliphatic heterocycles. The maximum absolute atomic E-state index is 14.1. The fourth-order valence-corrected chi connectivity index (χ4v) is 5.63. The van der Waals surface area contributed by atoms with Crippen LogP contribution < -0.4 is 43.8 Å². The number of carboxylic acid groups (broad SMARTS) is 2. The summed E-state index contributed by atoms with van der Waals surface area (Å²) in [4.78, 5) is 109. The molecule has 0 unspecified atom stereocenters. The Morgan fingerprint density at radius 1 is 0.690 bits per heavy atom. The fraction of sp³-hybridized carbons (Fsp3) is 0.429. The molecule has 0 aliphatic carbocycles. The average molecular weight is 828 g/mol. The third-order valence-corrected chi connectivity index (χ3v) is 8.91. The molecule has 0 saturated carbocycles. The van der Waals surface area contributed by atoms with Crippen molar-refractivity contribution in [3.05, 3.63) is 72.3 Å². The quantitative estimate of drug-likeness (QED) is 0.0174. The van der Waals surface area contributed by atoms with Gasteiger partial charge in [0.05, 0.1) is 18.7 Å². The summed E-state index contributed by atoms with van der Waals surface area (Å²) in [7, 11) is 0. The minimum Gasteiger partial charge on any atom is -0.481 e. The van der Waals surface area contributed by atoms with E-state index in [0.29, 0.717) is 17.0 Å². The molecule has 0 spiro atoms. The fourth-order valence-electron chi connectivity index (χ4n) is 5.46. The third kappa shape index (κ3) is 15.9. The van der Waals surface area contributed by atoms with Gasteiger partial charge in [-0.25, -0.2) is 14.8 Å². The summed E-state index contributed by atoms with van der Waals surface area (Å²) in [5.41, 5.74) is 18.1. The molecule has 0 bridgehead atoms. The third-order valence-electron chi connectivity index (χ3n) is 8.51. The first-order valence-electron chi connectivity index (χ1n) is 18.0. The molecule has 0 radical (unpaired) electrons. The second kappa shape index (κ2) is 23.5. The number of nitrogens with zero attached hydrogens (tertiary/aromatic N) is 3. The van der Waals surface area contributed by atoms with Crippen molar-refractivity contribution in [1.29, 1.82) is 0 Å². The van der Waals surface area contributed by atoms with Gasteiger partial charge in [0.2, 0.25) is 29.5 Å². The number of guanidine groups is 1. The number of benzene rings is 1. The lowest BCUT2D eigenvalue weighted by Gasteiger charge is -2.27. The van der Waals surface area contributed by atoms with Gasteiger partial charge < -0.3 is 64.0 Å². The first-order chi connectivity index (χ1) is 27.7. The molecular weight excluding hydrogens is 779 g/mol. The summed E-state index contributed by atoms with van der Waals surface area (Å²) >= 11 is 4.02. The number of hydrogen-bond donors (Lipinski definition) is 13. The lowest BCUT2D eigenvalue weighted by molar-refractivity contribution is -0.142. The molecule has 2 aromatic heterocycles. The second-order valence-corrected chi connectivity index (χ2v) is 13.4. The first kappa shape index (κ1) is 45.9. The normalized spacial score (nSPS) is 14.0. The van der Waals surface area contributed by atoms with Gasteiger partial charge in [-0.2, -0.15) is 12.6 Å². The van der Waals surface area contributed by atoms with Gasteiger partial charge in [0.25, 0.3) is 0 Å². The largest absolute Gasteiger partial charge is 0.481 e. The van der Waals surface area contributed by atoms with E-state index in [9.17, 15) is 43.8 Å². The topological polar surface area (TPSA) is 368 Å². The smallest absolute Gasteiger partial charge is 0.326 e. The standard InChI is InChI=1S/C35H49N13O9S/c36-22(16-58)29(51)46-26(12-20-14-39-17-42-20)33(55)45-24(8-9-28(49)50)31(53)47-25(11-19-5-2-1-3-6-19)32(54)44-23(7-4-10-41-35(37)38)30(52)48-27(34(56)57)13-21-15-40-18-43-21/h1-3,5-6,14-15,17-18,22-27,58H,4,7-13,16,36H2,(H,39,42)(H,40,43)(H,44,54)(H,45,55)(H,46,51)(H,47,53)(H,48,52)(H,49,50)(H,56,57)(H4,37,38,41)/t22-,23-,24-,25-,26-,27-/m0/s1. The Morgan fingerprint density at radius 2 is 1.17 bits per heavy atom. The number of aromatic amines is 2. The Morgan fingerprint density at radius 3 is 1.67 bits per heavy atom. The molecule has 23 heteroatoms. The van der Waals surface area contributed by atoms with Gasteiger partial charge >= 0.3 is 11.9 Å². The number of carbonyl (C=O) groups is 7. The van der Waals surface area contributed by atoms with E-state index < -0.39 is 90.6 Å². The van der Waals surface area contributed by atoms with Crippen molar-refractivity contribution in [1.82, 2.24) is 46.5 Å². The number of imidazole rings is 2. The van der Waals surface area contributed by atoms with Crippen LogP contribution in [0.4, 0.5) is 0 Å². The van der Waals surface area contributed by atoms with Crippen LogP contribution in [0, 0.1) is 0 Å². The van der Waals surface area contributed by atoms with E-state index in [4.69, 9.17) is 17.2 Å². The summed E-state index contributed by atoms with van der Waals surface area (Å²) < 4.78 is 0. The Hall–Kier alpha value is -6.49. The van der Waals surface area contributed by atoms with E-state index in [1.165, 1.54) is 25.0 Å². The molecule has 0 aliphatic rings. The van der Waals surface area contributed by atoms with Crippen LogP contribution in [0.25, 0.3) is 0 Å². The number of nitrogens with two attached hydrogens (primary N) is 3. The van der Waals surface area contributed by atoms with Crippen molar-refractivity contribution >= 4 is 60.1 Å². The predicted octanol–water partition coefficient (Wildman–Crippen LogP) is -3.16. The number of rotatable bonds is 25. The van der Waals surface area contributed by atoms with Crippen molar-refractivity contribution in [3.63, 3.8) is 0 Å². The lowest BCUT2D eigenvalue weighted by atomic mass is 10.0. The van der Waals surface area contributed by atoms with Gasteiger partial charge in [-0.05, 0) is 24.8 Å². The molecule has 5 amide bonds. The zero-order chi connectivity index (χ0) is 42.6. The highest BCUT2D eigenvalue weighted by atomic mass is 32.1. The Balaban J connectivity index is 1.90. The highest BCUT2D eigenvalue weighted by Gasteiger charge is 2.33. The summed E-state index contributed by atoms with van der Waals surface area (Å²) in [6.45, 7) is 0.0655. The molecule has 314 valence electrons. The summed E-state index contributed by atoms with van der Waals surface area (Å²) in [5.74, 6) is -7.15. The number of H-pyrrole nitrogens is 2. The second-order valence-electron chi connectivity index (χ2n) is 13.1. The van der Waals surface area contributed by atoms with Crippen LogP contribution in [-0.4, -0.2) is 126 Å². The molecule has 6 atom stereocenters. The van der Waals surface area contributed by atoms with E-state index in [0.717, 1.165) is 0 Å². The van der Waals surface area contributed by atoms with E-state index in [2.05, 4.69) is 64.1 Å². The number of amides is 5. The van der Waals surface area contributed by atoms with Crippen LogP contribution >= 0.6 is 12.6 Å². The maximum atomic E-state index is 14.1. The molecule has 2 heterocycles. The predicted molar refractivity (Wildman–Crippen MR) is 211 cm³/mol. The van der Waals surface area contributed by atoms with E-state index in [-0.39, 0.29) is 50.4 Å². The summed E-state index contributed by atoms with van der Waals surface area (Å²) in [5, 5.41) is 31.9. The highest BCUT2D eigenvalue weighted by Crippen LogP contribution is 2.10. The average Bonchev–Trinajstić information content (AvgIpc) is 3.91.